The second-order valence-corrected chi connectivity index (χ2v) is 31.7. The maximum atomic E-state index is 13.1. The quantitative estimate of drug-likeness (QED) is 0.0222. The molecule has 0 bridgehead atoms. The number of hydrogen-bond donors (Lipinski definition) is 3. The first-order valence-electron chi connectivity index (χ1n) is 40.5. The van der Waals surface area contributed by atoms with E-state index in [1.54, 1.807) is 0 Å². The van der Waals surface area contributed by atoms with Crippen molar-refractivity contribution < 1.29 is 80.2 Å². The minimum absolute atomic E-state index is 0.106. The molecule has 0 aromatic carbocycles. The van der Waals surface area contributed by atoms with Gasteiger partial charge in [0, 0.05) is 25.7 Å². The fraction of sp³-hybridized carbons (Fsp3) is 0.949. The van der Waals surface area contributed by atoms with Crippen molar-refractivity contribution in [3.63, 3.8) is 0 Å². The zero-order chi connectivity index (χ0) is 71.4. The highest BCUT2D eigenvalue weighted by Gasteiger charge is 2.30. The van der Waals surface area contributed by atoms with Gasteiger partial charge in [-0.2, -0.15) is 0 Å². The van der Waals surface area contributed by atoms with E-state index in [2.05, 4.69) is 41.5 Å². The van der Waals surface area contributed by atoms with E-state index in [1.165, 1.54) is 218 Å². The van der Waals surface area contributed by atoms with Gasteiger partial charge >= 0.3 is 39.5 Å². The normalized spacial score (nSPS) is 14.2. The lowest BCUT2D eigenvalue weighted by atomic mass is 9.99. The van der Waals surface area contributed by atoms with Crippen LogP contribution in [0.2, 0.25) is 0 Å². The first kappa shape index (κ1) is 95.1. The number of hydrogen-bond acceptors (Lipinski definition) is 15. The average molecular weight is 1420 g/mol. The Morgan fingerprint density at radius 1 is 0.299 bits per heavy atom. The molecule has 0 saturated carbocycles. The first-order chi connectivity index (χ1) is 46.9. The number of carbonyl (C=O) groups excluding carboxylic acids is 4. The lowest BCUT2D eigenvalue weighted by Gasteiger charge is -2.21. The number of aliphatic hydroxyl groups excluding tert-OH is 1. The van der Waals surface area contributed by atoms with Gasteiger partial charge in [-0.25, -0.2) is 9.13 Å². The van der Waals surface area contributed by atoms with Crippen molar-refractivity contribution in [2.45, 2.75) is 426 Å². The van der Waals surface area contributed by atoms with Gasteiger partial charge in [-0.3, -0.25) is 37.3 Å². The zero-order valence-electron chi connectivity index (χ0n) is 63.4. The van der Waals surface area contributed by atoms with Crippen molar-refractivity contribution in [3.8, 4) is 0 Å². The van der Waals surface area contributed by atoms with Crippen molar-refractivity contribution >= 4 is 39.5 Å². The van der Waals surface area contributed by atoms with E-state index in [9.17, 15) is 43.2 Å². The molecule has 0 aromatic heterocycles. The summed E-state index contributed by atoms with van der Waals surface area (Å²) in [6.45, 7) is 9.58. The molecule has 0 saturated heterocycles. The van der Waals surface area contributed by atoms with E-state index < -0.39 is 97.5 Å². The maximum absolute atomic E-state index is 13.1. The van der Waals surface area contributed by atoms with Crippen molar-refractivity contribution in [3.05, 3.63) is 0 Å². The largest absolute Gasteiger partial charge is 0.472 e. The van der Waals surface area contributed by atoms with Crippen LogP contribution >= 0.6 is 15.6 Å². The van der Waals surface area contributed by atoms with Crippen LogP contribution in [-0.2, 0) is 65.4 Å². The van der Waals surface area contributed by atoms with Crippen LogP contribution in [0.25, 0.3) is 0 Å². The third-order valence-electron chi connectivity index (χ3n) is 18.6. The van der Waals surface area contributed by atoms with E-state index in [1.807, 2.05) is 0 Å². The number of unbranched alkanes of at least 4 members (excludes halogenated alkanes) is 46. The SMILES string of the molecule is CCCCCCCCCCCCCCCCCCCC(=O)OC[C@H](COP(=O)(O)OC[C@@H](O)COP(=O)(O)OC[C@@H](COC(=O)CCCCCCC)OC(=O)CCCCCCCCCCCCC(C)CC)OC(=O)CCCCCCCCCCCCCCCCCCCCC(C)C. The Hall–Kier alpha value is -1.94. The Morgan fingerprint density at radius 2 is 0.526 bits per heavy atom. The van der Waals surface area contributed by atoms with Gasteiger partial charge in [0.2, 0.25) is 0 Å². The second kappa shape index (κ2) is 69.8. The van der Waals surface area contributed by atoms with E-state index in [4.69, 9.17) is 37.0 Å². The number of phosphoric acid groups is 2. The van der Waals surface area contributed by atoms with Gasteiger partial charge in [-0.1, -0.05) is 356 Å². The van der Waals surface area contributed by atoms with Crippen LogP contribution < -0.4 is 0 Å². The summed E-state index contributed by atoms with van der Waals surface area (Å²) in [7, 11) is -9.90. The minimum atomic E-state index is -4.96. The number of esters is 4. The van der Waals surface area contributed by atoms with Crippen LogP contribution in [-0.4, -0.2) is 96.7 Å². The molecule has 6 atom stereocenters. The molecule has 0 aliphatic rings. The molecule has 0 spiro atoms. The summed E-state index contributed by atoms with van der Waals surface area (Å²) in [5.41, 5.74) is 0. The summed E-state index contributed by atoms with van der Waals surface area (Å²) >= 11 is 0. The molecule has 0 aliphatic heterocycles. The van der Waals surface area contributed by atoms with Gasteiger partial charge in [0.05, 0.1) is 26.4 Å². The van der Waals surface area contributed by atoms with Crippen molar-refractivity contribution in [2.24, 2.45) is 11.8 Å². The smallest absolute Gasteiger partial charge is 0.462 e. The third kappa shape index (κ3) is 70.9. The van der Waals surface area contributed by atoms with E-state index >= 15 is 0 Å². The molecule has 0 heterocycles. The molecule has 97 heavy (non-hydrogen) atoms. The minimum Gasteiger partial charge on any atom is -0.462 e. The summed E-state index contributed by atoms with van der Waals surface area (Å²) in [6.07, 6.45) is 58.7. The fourth-order valence-corrected chi connectivity index (χ4v) is 13.6. The molecule has 576 valence electrons. The highest BCUT2D eigenvalue weighted by molar-refractivity contribution is 7.47. The molecule has 3 unspecified atom stereocenters. The van der Waals surface area contributed by atoms with Crippen molar-refractivity contribution in [2.75, 3.05) is 39.6 Å². The number of rotatable bonds is 77. The van der Waals surface area contributed by atoms with Crippen LogP contribution in [0.5, 0.6) is 0 Å². The molecule has 0 aromatic rings. The highest BCUT2D eigenvalue weighted by atomic mass is 31.2. The Balaban J connectivity index is 5.13. The Labute approximate surface area is 594 Å². The van der Waals surface area contributed by atoms with Gasteiger partial charge < -0.3 is 33.8 Å². The topological polar surface area (TPSA) is 237 Å². The van der Waals surface area contributed by atoms with Gasteiger partial charge in [0.15, 0.2) is 12.2 Å². The summed E-state index contributed by atoms with van der Waals surface area (Å²) < 4.78 is 68.4. The van der Waals surface area contributed by atoms with Crippen LogP contribution in [0.4, 0.5) is 0 Å². The van der Waals surface area contributed by atoms with Crippen molar-refractivity contribution in [1.82, 2.24) is 0 Å². The van der Waals surface area contributed by atoms with Crippen LogP contribution in [0.3, 0.4) is 0 Å². The standard InChI is InChI=1S/C78H152O17P2/c1-7-10-12-14-15-16-17-18-19-22-26-29-32-38-43-49-55-61-76(81)89-67-74(95-78(83)62-56-50-44-39-33-30-27-24-21-20-23-25-28-31-36-41-47-52-58-70(4)5)69-93-97(86,87)91-65-72(79)64-90-96(84,85)92-68-73(66-88-75(80)60-54-46-13-11-8-2)94-77(82)63-57-51-45-40-35-34-37-42-48-53-59-71(6)9-3/h70-74,79H,7-69H2,1-6H3,(H,84,85)(H,86,87)/t71?,72-,73+,74+/m0/s1. The van der Waals surface area contributed by atoms with Gasteiger partial charge in [-0.15, -0.1) is 0 Å². The highest BCUT2D eigenvalue weighted by Crippen LogP contribution is 2.45. The Morgan fingerprint density at radius 3 is 0.784 bits per heavy atom. The molecule has 0 radical (unpaired) electrons. The summed E-state index contributed by atoms with van der Waals surface area (Å²) in [5, 5.41) is 10.6. The van der Waals surface area contributed by atoms with Crippen LogP contribution in [0, 0.1) is 11.8 Å². The van der Waals surface area contributed by atoms with E-state index in [-0.39, 0.29) is 25.7 Å². The molecule has 0 aliphatic carbocycles. The Bertz CT molecular complexity index is 1870. The predicted octanol–water partition coefficient (Wildman–Crippen LogP) is 23.1. The lowest BCUT2D eigenvalue weighted by Crippen LogP contribution is -2.30. The van der Waals surface area contributed by atoms with Crippen LogP contribution in [0.15, 0.2) is 0 Å². The predicted molar refractivity (Wildman–Crippen MR) is 395 cm³/mol. The lowest BCUT2D eigenvalue weighted by molar-refractivity contribution is -0.161. The van der Waals surface area contributed by atoms with Crippen LogP contribution in [0.1, 0.15) is 408 Å². The number of ether oxygens (including phenoxy) is 4. The fourth-order valence-electron chi connectivity index (χ4n) is 12.0. The van der Waals surface area contributed by atoms with E-state index in [0.29, 0.717) is 25.7 Å². The average Bonchev–Trinajstić information content (AvgIpc) is 1.65. The summed E-state index contributed by atoms with van der Waals surface area (Å²) in [4.78, 5) is 72.6. The molecule has 3 N–H and O–H groups in total. The maximum Gasteiger partial charge on any atom is 0.472 e. The van der Waals surface area contributed by atoms with Gasteiger partial charge in [0.25, 0.3) is 0 Å². The molecule has 0 amide bonds. The van der Waals surface area contributed by atoms with Gasteiger partial charge in [-0.05, 0) is 37.5 Å². The molecule has 17 nitrogen and oxygen atoms in total. The van der Waals surface area contributed by atoms with Gasteiger partial charge in [0.1, 0.15) is 19.3 Å². The molecule has 0 rings (SSSR count). The molecular formula is C78H152O17P2. The number of aliphatic hydroxyl groups is 1. The first-order valence-corrected chi connectivity index (χ1v) is 43.5. The third-order valence-corrected chi connectivity index (χ3v) is 20.5. The molecule has 0 fully saturated rings. The summed E-state index contributed by atoms with van der Waals surface area (Å²) in [5.74, 6) is -0.500. The summed E-state index contributed by atoms with van der Waals surface area (Å²) in [6, 6.07) is 0. The Kier molecular flexibility index (Phi) is 68.4. The van der Waals surface area contributed by atoms with Crippen molar-refractivity contribution in [1.29, 1.82) is 0 Å². The number of phosphoric ester groups is 2. The number of carbonyl (C=O) groups is 4. The van der Waals surface area contributed by atoms with E-state index in [0.717, 1.165) is 108 Å². The second-order valence-electron chi connectivity index (χ2n) is 28.8. The molecular weight excluding hydrogens is 1270 g/mol. The zero-order valence-corrected chi connectivity index (χ0v) is 65.2. The monoisotopic (exact) mass is 1420 g/mol. The molecule has 19 heteroatoms.